The minimum absolute atomic E-state index is 0. The van der Waals surface area contributed by atoms with Gasteiger partial charge in [-0.15, -0.1) is 24.8 Å². The third-order valence-electron chi connectivity index (χ3n) is 4.44. The SMILES string of the molecule is Cl.Cl.O=C(c1ccc(Cl)cn1)N1CCC(C2CCCN2)CC1. The summed E-state index contributed by atoms with van der Waals surface area (Å²) >= 11 is 5.80. The van der Waals surface area contributed by atoms with Crippen molar-refractivity contribution in [1.29, 1.82) is 0 Å². The monoisotopic (exact) mass is 365 g/mol. The third-order valence-corrected chi connectivity index (χ3v) is 4.66. The quantitative estimate of drug-likeness (QED) is 0.874. The fraction of sp³-hybridized carbons (Fsp3) is 0.600. The predicted molar refractivity (Wildman–Crippen MR) is 93.4 cm³/mol. The van der Waals surface area contributed by atoms with Crippen LogP contribution in [0.1, 0.15) is 36.2 Å². The Bertz CT molecular complexity index is 469. The molecule has 1 unspecified atom stereocenters. The van der Waals surface area contributed by atoms with Gasteiger partial charge >= 0.3 is 0 Å². The first kappa shape index (κ1) is 19.5. The number of nitrogens with zero attached hydrogens (tertiary/aromatic N) is 2. The number of halogens is 3. The summed E-state index contributed by atoms with van der Waals surface area (Å²) in [6.45, 7) is 2.83. The van der Waals surface area contributed by atoms with Gasteiger partial charge in [0.25, 0.3) is 5.91 Å². The molecule has 0 bridgehead atoms. The highest BCUT2D eigenvalue weighted by molar-refractivity contribution is 6.30. The van der Waals surface area contributed by atoms with Crippen molar-refractivity contribution in [3.05, 3.63) is 29.0 Å². The number of aromatic nitrogens is 1. The van der Waals surface area contributed by atoms with Gasteiger partial charge in [-0.3, -0.25) is 4.79 Å². The fourth-order valence-electron chi connectivity index (χ4n) is 3.28. The first-order chi connectivity index (χ1) is 9.74. The molecule has 0 radical (unpaired) electrons. The molecule has 22 heavy (non-hydrogen) atoms. The van der Waals surface area contributed by atoms with Gasteiger partial charge in [-0.2, -0.15) is 0 Å². The summed E-state index contributed by atoms with van der Waals surface area (Å²) in [4.78, 5) is 18.4. The average Bonchev–Trinajstić information content (AvgIpc) is 3.02. The third kappa shape index (κ3) is 4.48. The molecule has 0 aromatic carbocycles. The van der Waals surface area contributed by atoms with Crippen LogP contribution in [0.5, 0.6) is 0 Å². The van der Waals surface area contributed by atoms with Gasteiger partial charge in [-0.05, 0) is 50.3 Å². The number of carbonyl (C=O) groups is 1. The molecule has 0 saturated carbocycles. The minimum Gasteiger partial charge on any atom is -0.337 e. The molecular weight excluding hydrogens is 345 g/mol. The molecule has 1 aromatic rings. The van der Waals surface area contributed by atoms with Gasteiger partial charge < -0.3 is 10.2 Å². The lowest BCUT2D eigenvalue weighted by Crippen LogP contribution is -2.43. The second-order valence-corrected chi connectivity index (χ2v) is 6.13. The van der Waals surface area contributed by atoms with Crippen molar-refractivity contribution in [2.24, 2.45) is 5.92 Å². The van der Waals surface area contributed by atoms with Crippen LogP contribution < -0.4 is 5.32 Å². The first-order valence-corrected chi connectivity index (χ1v) is 7.76. The van der Waals surface area contributed by atoms with Crippen molar-refractivity contribution in [2.75, 3.05) is 19.6 Å². The van der Waals surface area contributed by atoms with E-state index in [4.69, 9.17) is 11.6 Å². The molecule has 2 fully saturated rings. The smallest absolute Gasteiger partial charge is 0.272 e. The predicted octanol–water partition coefficient (Wildman–Crippen LogP) is 3.18. The Labute approximate surface area is 148 Å². The lowest BCUT2D eigenvalue weighted by molar-refractivity contribution is 0.0668. The first-order valence-electron chi connectivity index (χ1n) is 7.38. The Morgan fingerprint density at radius 1 is 1.23 bits per heavy atom. The van der Waals surface area contributed by atoms with Gasteiger partial charge in [0.05, 0.1) is 5.02 Å². The van der Waals surface area contributed by atoms with Crippen LogP contribution in [0.2, 0.25) is 5.02 Å². The number of piperidine rings is 1. The fourth-order valence-corrected chi connectivity index (χ4v) is 3.39. The number of carbonyl (C=O) groups excluding carboxylic acids is 1. The maximum absolute atomic E-state index is 12.3. The van der Waals surface area contributed by atoms with E-state index in [1.807, 2.05) is 4.90 Å². The van der Waals surface area contributed by atoms with Crippen LogP contribution in [-0.2, 0) is 0 Å². The highest BCUT2D eigenvalue weighted by Crippen LogP contribution is 2.26. The molecule has 0 aliphatic carbocycles. The minimum atomic E-state index is 0. The number of amides is 1. The second kappa shape index (κ2) is 8.92. The van der Waals surface area contributed by atoms with Crippen LogP contribution in [0, 0.1) is 5.92 Å². The second-order valence-electron chi connectivity index (χ2n) is 5.69. The number of rotatable bonds is 2. The van der Waals surface area contributed by atoms with Crippen molar-refractivity contribution >= 4 is 42.3 Å². The molecule has 4 nitrogen and oxygen atoms in total. The summed E-state index contributed by atoms with van der Waals surface area (Å²) < 4.78 is 0. The maximum Gasteiger partial charge on any atom is 0.272 e. The number of hydrogen-bond acceptors (Lipinski definition) is 3. The Hall–Kier alpha value is -0.550. The average molecular weight is 367 g/mol. The topological polar surface area (TPSA) is 45.2 Å². The zero-order chi connectivity index (χ0) is 13.9. The van der Waals surface area contributed by atoms with Crippen molar-refractivity contribution in [3.8, 4) is 0 Å². The van der Waals surface area contributed by atoms with E-state index in [-0.39, 0.29) is 30.7 Å². The van der Waals surface area contributed by atoms with Gasteiger partial charge in [0.15, 0.2) is 0 Å². The van der Waals surface area contributed by atoms with Gasteiger partial charge in [0.1, 0.15) is 5.69 Å². The van der Waals surface area contributed by atoms with E-state index in [0.29, 0.717) is 16.8 Å². The molecule has 1 amide bonds. The van der Waals surface area contributed by atoms with E-state index in [1.165, 1.54) is 19.0 Å². The Balaban J connectivity index is 0.00000121. The largest absolute Gasteiger partial charge is 0.337 e. The summed E-state index contributed by atoms with van der Waals surface area (Å²) in [5.74, 6) is 0.749. The van der Waals surface area contributed by atoms with Crippen molar-refractivity contribution < 1.29 is 4.79 Å². The van der Waals surface area contributed by atoms with E-state index < -0.39 is 0 Å². The molecule has 2 aliphatic heterocycles. The lowest BCUT2D eigenvalue weighted by atomic mass is 9.88. The van der Waals surface area contributed by atoms with Crippen LogP contribution >= 0.6 is 36.4 Å². The van der Waals surface area contributed by atoms with Crippen molar-refractivity contribution in [1.82, 2.24) is 15.2 Å². The molecule has 3 heterocycles. The molecule has 1 atom stereocenters. The maximum atomic E-state index is 12.3. The van der Waals surface area contributed by atoms with Crippen LogP contribution in [0.25, 0.3) is 0 Å². The van der Waals surface area contributed by atoms with Crippen molar-refractivity contribution in [3.63, 3.8) is 0 Å². The number of nitrogens with one attached hydrogen (secondary N) is 1. The molecule has 3 rings (SSSR count). The molecule has 1 aromatic heterocycles. The molecule has 2 saturated heterocycles. The Kier molecular flexibility index (Phi) is 7.90. The van der Waals surface area contributed by atoms with Gasteiger partial charge in [0, 0.05) is 25.3 Å². The zero-order valence-corrected chi connectivity index (χ0v) is 14.7. The highest BCUT2D eigenvalue weighted by atomic mass is 35.5. The summed E-state index contributed by atoms with van der Waals surface area (Å²) in [5.41, 5.74) is 0.492. The Morgan fingerprint density at radius 2 is 1.95 bits per heavy atom. The van der Waals surface area contributed by atoms with Crippen LogP contribution in [-0.4, -0.2) is 41.5 Å². The van der Waals surface area contributed by atoms with Crippen LogP contribution in [0.15, 0.2) is 18.3 Å². The van der Waals surface area contributed by atoms with Gasteiger partial charge in [-0.1, -0.05) is 11.6 Å². The molecule has 124 valence electrons. The lowest BCUT2D eigenvalue weighted by Gasteiger charge is -2.34. The van der Waals surface area contributed by atoms with E-state index in [0.717, 1.165) is 38.4 Å². The summed E-state index contributed by atoms with van der Waals surface area (Å²) in [7, 11) is 0. The van der Waals surface area contributed by atoms with E-state index in [2.05, 4.69) is 10.3 Å². The molecular formula is C15H22Cl3N3O. The van der Waals surface area contributed by atoms with E-state index in [1.54, 1.807) is 12.1 Å². The number of pyridine rings is 1. The van der Waals surface area contributed by atoms with Gasteiger partial charge in [0.2, 0.25) is 0 Å². The standard InChI is InChI=1S/C15H20ClN3O.2ClH/c16-12-3-4-14(18-10-12)15(20)19-8-5-11(6-9-19)13-2-1-7-17-13;;/h3-4,10-11,13,17H,1-2,5-9H2;2*1H. The normalized spacial score (nSPS) is 21.9. The van der Waals surface area contributed by atoms with Crippen molar-refractivity contribution in [2.45, 2.75) is 31.7 Å². The summed E-state index contributed by atoms with van der Waals surface area (Å²) in [5, 5.41) is 4.14. The molecule has 7 heteroatoms. The number of likely N-dealkylation sites (tertiary alicyclic amines) is 1. The van der Waals surface area contributed by atoms with Gasteiger partial charge in [-0.25, -0.2) is 4.98 Å². The van der Waals surface area contributed by atoms with Crippen LogP contribution in [0.3, 0.4) is 0 Å². The zero-order valence-electron chi connectivity index (χ0n) is 12.3. The van der Waals surface area contributed by atoms with Crippen LogP contribution in [0.4, 0.5) is 0 Å². The molecule has 2 aliphatic rings. The Morgan fingerprint density at radius 3 is 2.50 bits per heavy atom. The summed E-state index contributed by atoms with van der Waals surface area (Å²) in [6.07, 6.45) is 6.30. The van der Waals surface area contributed by atoms with E-state index >= 15 is 0 Å². The van der Waals surface area contributed by atoms with E-state index in [9.17, 15) is 4.79 Å². The number of hydrogen-bond donors (Lipinski definition) is 1. The molecule has 0 spiro atoms. The highest BCUT2D eigenvalue weighted by Gasteiger charge is 2.30. The molecule has 1 N–H and O–H groups in total. The summed E-state index contributed by atoms with van der Waals surface area (Å²) in [6, 6.07) is 4.09.